The Hall–Kier alpha value is -1.14. The monoisotopic (exact) mass is 327 g/mol. The smallest absolute Gasteiger partial charge is 0.244 e. The summed E-state index contributed by atoms with van der Waals surface area (Å²) in [6, 6.07) is 7.64. The molecule has 0 saturated heterocycles. The van der Waals surface area contributed by atoms with Gasteiger partial charge >= 0.3 is 0 Å². The molecule has 0 radical (unpaired) electrons. The largest absolute Gasteiger partial charge is 0.374 e. The summed E-state index contributed by atoms with van der Waals surface area (Å²) in [5, 5.41) is 4.79. The molecular formula is C14H14ClNO2S2. The van der Waals surface area contributed by atoms with E-state index in [0.717, 1.165) is 9.75 Å². The Morgan fingerprint density at radius 1 is 1.50 bits per heavy atom. The number of halogens is 1. The Morgan fingerprint density at radius 2 is 2.35 bits per heavy atom. The number of ether oxygens (including phenoxy) is 1. The van der Waals surface area contributed by atoms with Crippen LogP contribution in [0, 0.1) is 0 Å². The number of amides is 1. The molecule has 106 valence electrons. The van der Waals surface area contributed by atoms with Gasteiger partial charge in [0.1, 0.15) is 6.10 Å². The van der Waals surface area contributed by atoms with E-state index in [0.29, 0.717) is 10.9 Å². The summed E-state index contributed by atoms with van der Waals surface area (Å²) in [6.07, 6.45) is 3.15. The van der Waals surface area contributed by atoms with Crippen LogP contribution in [-0.4, -0.2) is 19.6 Å². The number of carbonyl (C=O) groups excluding carboxylic acids is 1. The van der Waals surface area contributed by atoms with E-state index in [2.05, 4.69) is 5.32 Å². The van der Waals surface area contributed by atoms with E-state index in [4.69, 9.17) is 16.3 Å². The van der Waals surface area contributed by atoms with E-state index >= 15 is 0 Å². The zero-order chi connectivity index (χ0) is 14.4. The van der Waals surface area contributed by atoms with Gasteiger partial charge in [0.25, 0.3) is 0 Å². The van der Waals surface area contributed by atoms with Gasteiger partial charge in [-0.15, -0.1) is 22.7 Å². The first kappa shape index (κ1) is 15.3. The Kier molecular flexibility index (Phi) is 5.79. The van der Waals surface area contributed by atoms with Crippen LogP contribution in [0.2, 0.25) is 4.34 Å². The molecule has 0 fully saturated rings. The van der Waals surface area contributed by atoms with Gasteiger partial charge in [-0.25, -0.2) is 0 Å². The summed E-state index contributed by atoms with van der Waals surface area (Å²) in [5.74, 6) is -0.136. The summed E-state index contributed by atoms with van der Waals surface area (Å²) in [4.78, 5) is 13.8. The van der Waals surface area contributed by atoms with Gasteiger partial charge in [0.05, 0.1) is 4.34 Å². The van der Waals surface area contributed by atoms with Crippen molar-refractivity contribution in [1.82, 2.24) is 5.32 Å². The van der Waals surface area contributed by atoms with Crippen LogP contribution < -0.4 is 5.32 Å². The summed E-state index contributed by atoms with van der Waals surface area (Å²) in [6.45, 7) is 0.418. The minimum Gasteiger partial charge on any atom is -0.374 e. The molecule has 0 bridgehead atoms. The van der Waals surface area contributed by atoms with Crippen LogP contribution in [-0.2, 0) is 9.53 Å². The summed E-state index contributed by atoms with van der Waals surface area (Å²) in [5.41, 5.74) is 0. The summed E-state index contributed by atoms with van der Waals surface area (Å²) >= 11 is 8.94. The number of rotatable bonds is 6. The summed E-state index contributed by atoms with van der Waals surface area (Å²) in [7, 11) is 1.62. The lowest BCUT2D eigenvalue weighted by atomic mass is 10.3. The zero-order valence-corrected chi connectivity index (χ0v) is 13.2. The second-order valence-corrected chi connectivity index (χ2v) is 6.69. The molecule has 0 aliphatic heterocycles. The van der Waals surface area contributed by atoms with Crippen LogP contribution in [0.4, 0.5) is 0 Å². The molecule has 2 aromatic heterocycles. The number of hydrogen-bond acceptors (Lipinski definition) is 4. The van der Waals surface area contributed by atoms with Gasteiger partial charge in [0, 0.05) is 29.5 Å². The van der Waals surface area contributed by atoms with Crippen LogP contribution in [0.1, 0.15) is 15.9 Å². The van der Waals surface area contributed by atoms with Crippen LogP contribution in [0.15, 0.2) is 35.7 Å². The van der Waals surface area contributed by atoms with E-state index < -0.39 is 0 Å². The van der Waals surface area contributed by atoms with Crippen molar-refractivity contribution in [3.8, 4) is 0 Å². The molecule has 0 spiro atoms. The molecule has 0 aliphatic rings. The van der Waals surface area contributed by atoms with Crippen LogP contribution in [0.3, 0.4) is 0 Å². The van der Waals surface area contributed by atoms with Crippen LogP contribution in [0.25, 0.3) is 6.08 Å². The maximum Gasteiger partial charge on any atom is 0.244 e. The van der Waals surface area contributed by atoms with Gasteiger partial charge in [-0.3, -0.25) is 4.79 Å². The van der Waals surface area contributed by atoms with Crippen molar-refractivity contribution in [3.63, 3.8) is 0 Å². The third kappa shape index (κ3) is 4.45. The molecule has 6 heteroatoms. The minimum atomic E-state index is -0.174. The average molecular weight is 328 g/mol. The third-order valence-corrected chi connectivity index (χ3v) is 4.76. The third-order valence-electron chi connectivity index (χ3n) is 2.60. The van der Waals surface area contributed by atoms with Crippen molar-refractivity contribution in [2.75, 3.05) is 13.7 Å². The van der Waals surface area contributed by atoms with Gasteiger partial charge in [-0.1, -0.05) is 17.7 Å². The molecule has 1 unspecified atom stereocenters. The van der Waals surface area contributed by atoms with Crippen molar-refractivity contribution in [2.45, 2.75) is 6.10 Å². The van der Waals surface area contributed by atoms with E-state index in [1.807, 2.05) is 29.6 Å². The van der Waals surface area contributed by atoms with Gasteiger partial charge < -0.3 is 10.1 Å². The summed E-state index contributed by atoms with van der Waals surface area (Å²) < 4.78 is 6.08. The van der Waals surface area contributed by atoms with Crippen molar-refractivity contribution >= 4 is 46.3 Å². The van der Waals surface area contributed by atoms with E-state index in [1.165, 1.54) is 17.4 Å². The average Bonchev–Trinajstić information content (AvgIpc) is 3.09. The Labute approximate surface area is 130 Å². The molecule has 20 heavy (non-hydrogen) atoms. The van der Waals surface area contributed by atoms with Crippen LogP contribution >= 0.6 is 34.3 Å². The predicted octanol–water partition coefficient (Wildman–Crippen LogP) is 3.98. The second kappa shape index (κ2) is 7.59. The first-order valence-corrected chi connectivity index (χ1v) is 8.04. The SMILES string of the molecule is COC(CNC(=O)C=Cc1cccs1)c1ccc(Cl)s1. The predicted molar refractivity (Wildman–Crippen MR) is 85.4 cm³/mol. The Balaban J connectivity index is 1.85. The lowest BCUT2D eigenvalue weighted by Crippen LogP contribution is -2.27. The van der Waals surface area contributed by atoms with E-state index in [1.54, 1.807) is 24.5 Å². The molecule has 0 saturated carbocycles. The minimum absolute atomic E-state index is 0.136. The van der Waals surface area contributed by atoms with E-state index in [-0.39, 0.29) is 12.0 Å². The molecule has 2 rings (SSSR count). The van der Waals surface area contributed by atoms with Crippen LogP contribution in [0.5, 0.6) is 0 Å². The quantitative estimate of drug-likeness (QED) is 0.815. The van der Waals surface area contributed by atoms with Crippen molar-refractivity contribution < 1.29 is 9.53 Å². The number of hydrogen-bond donors (Lipinski definition) is 1. The molecule has 3 nitrogen and oxygen atoms in total. The number of carbonyl (C=O) groups is 1. The molecule has 2 aromatic rings. The molecule has 1 N–H and O–H groups in total. The lowest BCUT2D eigenvalue weighted by Gasteiger charge is -2.13. The molecular weight excluding hydrogens is 314 g/mol. The van der Waals surface area contributed by atoms with Crippen molar-refractivity contribution in [3.05, 3.63) is 49.8 Å². The first-order chi connectivity index (χ1) is 9.69. The molecule has 1 atom stereocenters. The number of methoxy groups -OCH3 is 1. The fraction of sp³-hybridized carbons (Fsp3) is 0.214. The molecule has 1 amide bonds. The van der Waals surface area contributed by atoms with Gasteiger partial charge in [0.15, 0.2) is 0 Å². The first-order valence-electron chi connectivity index (χ1n) is 5.96. The highest BCUT2D eigenvalue weighted by atomic mass is 35.5. The number of nitrogens with one attached hydrogen (secondary N) is 1. The van der Waals surface area contributed by atoms with Crippen molar-refractivity contribution in [2.24, 2.45) is 0 Å². The highest BCUT2D eigenvalue weighted by Crippen LogP contribution is 2.28. The van der Waals surface area contributed by atoms with Crippen molar-refractivity contribution in [1.29, 1.82) is 0 Å². The van der Waals surface area contributed by atoms with Gasteiger partial charge in [-0.2, -0.15) is 0 Å². The normalized spacial score (nSPS) is 12.7. The fourth-order valence-corrected chi connectivity index (χ4v) is 3.35. The molecule has 0 aromatic carbocycles. The highest BCUT2D eigenvalue weighted by molar-refractivity contribution is 7.16. The fourth-order valence-electron chi connectivity index (χ4n) is 1.60. The lowest BCUT2D eigenvalue weighted by molar-refractivity contribution is -0.117. The maximum atomic E-state index is 11.7. The second-order valence-electron chi connectivity index (χ2n) is 3.96. The molecule has 2 heterocycles. The number of thiophene rings is 2. The highest BCUT2D eigenvalue weighted by Gasteiger charge is 2.13. The van der Waals surface area contributed by atoms with Gasteiger partial charge in [-0.05, 0) is 29.7 Å². The van der Waals surface area contributed by atoms with E-state index in [9.17, 15) is 4.79 Å². The topological polar surface area (TPSA) is 38.3 Å². The Bertz CT molecular complexity index is 578. The zero-order valence-electron chi connectivity index (χ0n) is 10.8. The maximum absolute atomic E-state index is 11.7. The standard InChI is InChI=1S/C14H14ClNO2S2/c1-18-11(12-5-6-13(15)20-12)9-16-14(17)7-4-10-3-2-8-19-10/h2-8,11H,9H2,1H3,(H,16,17). The Morgan fingerprint density at radius 3 is 2.95 bits per heavy atom. The van der Waals surface area contributed by atoms with Gasteiger partial charge in [0.2, 0.25) is 5.91 Å². The molecule has 0 aliphatic carbocycles.